The molecular formula is C14H17N5O2S3. The van der Waals surface area contributed by atoms with Crippen molar-refractivity contribution >= 4 is 42.8 Å². The van der Waals surface area contributed by atoms with Crippen LogP contribution in [0.4, 0.5) is 5.13 Å². The second-order valence-corrected chi connectivity index (χ2v) is 9.63. The van der Waals surface area contributed by atoms with Crippen LogP contribution >= 0.6 is 22.7 Å². The van der Waals surface area contributed by atoms with Gasteiger partial charge in [-0.15, -0.1) is 16.4 Å². The molecule has 7 nitrogen and oxygen atoms in total. The predicted octanol–water partition coefficient (Wildman–Crippen LogP) is 2.11. The van der Waals surface area contributed by atoms with Crippen molar-refractivity contribution in [3.63, 3.8) is 0 Å². The molecule has 3 aromatic heterocycles. The molecule has 1 N–H and O–H groups in total. The highest BCUT2D eigenvalue weighted by molar-refractivity contribution is 7.91. The molecule has 1 fully saturated rings. The van der Waals surface area contributed by atoms with E-state index in [9.17, 15) is 8.42 Å². The molecule has 128 valence electrons. The zero-order valence-electron chi connectivity index (χ0n) is 13.0. The molecule has 0 saturated carbocycles. The number of aryl methyl sites for hydroxylation is 1. The molecule has 24 heavy (non-hydrogen) atoms. The number of hydrogen-bond acceptors (Lipinski definition) is 7. The van der Waals surface area contributed by atoms with Crippen molar-refractivity contribution in [2.75, 3.05) is 18.0 Å². The Labute approximate surface area is 148 Å². The van der Waals surface area contributed by atoms with Gasteiger partial charge in [-0.2, -0.15) is 0 Å². The second-order valence-electron chi connectivity index (χ2n) is 5.81. The Morgan fingerprint density at radius 1 is 1.33 bits per heavy atom. The third kappa shape index (κ3) is 3.06. The van der Waals surface area contributed by atoms with Crippen molar-refractivity contribution in [2.45, 2.75) is 30.0 Å². The average molecular weight is 384 g/mol. The van der Waals surface area contributed by atoms with E-state index in [1.54, 1.807) is 33.4 Å². The molecule has 0 atom stereocenters. The number of fused-ring (bicyclic) bond motifs is 1. The molecule has 1 aliphatic heterocycles. The summed E-state index contributed by atoms with van der Waals surface area (Å²) in [4.78, 5) is 7.51. The summed E-state index contributed by atoms with van der Waals surface area (Å²) >= 11 is 2.81. The van der Waals surface area contributed by atoms with Gasteiger partial charge in [-0.1, -0.05) is 17.4 Å². The maximum Gasteiger partial charge on any atom is 0.250 e. The van der Waals surface area contributed by atoms with Crippen molar-refractivity contribution in [1.29, 1.82) is 0 Å². The molecule has 1 aliphatic rings. The maximum atomic E-state index is 12.3. The van der Waals surface area contributed by atoms with Crippen LogP contribution in [-0.2, 0) is 10.0 Å². The van der Waals surface area contributed by atoms with E-state index in [1.807, 2.05) is 13.1 Å². The molecule has 0 aliphatic carbocycles. The minimum absolute atomic E-state index is 0.0281. The monoisotopic (exact) mass is 383 g/mol. The van der Waals surface area contributed by atoms with Crippen LogP contribution in [0.5, 0.6) is 0 Å². The Hall–Kier alpha value is -1.49. The zero-order chi connectivity index (χ0) is 16.7. The summed E-state index contributed by atoms with van der Waals surface area (Å²) in [6.07, 6.45) is 3.45. The van der Waals surface area contributed by atoms with Crippen molar-refractivity contribution in [3.05, 3.63) is 29.4 Å². The van der Waals surface area contributed by atoms with Crippen LogP contribution in [0.25, 0.3) is 4.96 Å². The molecule has 4 rings (SSSR count). The smallest absolute Gasteiger partial charge is 0.250 e. The highest BCUT2D eigenvalue weighted by Crippen LogP contribution is 2.26. The van der Waals surface area contributed by atoms with Gasteiger partial charge in [-0.3, -0.25) is 0 Å². The lowest BCUT2D eigenvalue weighted by Crippen LogP contribution is -2.44. The summed E-state index contributed by atoms with van der Waals surface area (Å²) in [6.45, 7) is 3.52. The number of thiophene rings is 1. The maximum absolute atomic E-state index is 12.3. The third-order valence-electron chi connectivity index (χ3n) is 4.00. The number of nitrogens with zero attached hydrogens (tertiary/aromatic N) is 4. The minimum Gasteiger partial charge on any atom is -0.347 e. The van der Waals surface area contributed by atoms with Gasteiger partial charge in [0, 0.05) is 19.1 Å². The molecule has 0 spiro atoms. The molecule has 0 radical (unpaired) electrons. The quantitative estimate of drug-likeness (QED) is 0.746. The van der Waals surface area contributed by atoms with Gasteiger partial charge in [-0.25, -0.2) is 22.6 Å². The molecule has 3 aromatic rings. The topological polar surface area (TPSA) is 79.6 Å². The standard InChI is InChI=1S/C14H17N5O2S3/c1-10-9-19-13(15-10)23-14(16-19)18-6-4-11(5-7-18)17-24(20,21)12-3-2-8-22-12/h2-3,8-9,11,17H,4-7H2,1H3. The van der Waals surface area contributed by atoms with E-state index in [2.05, 4.69) is 19.7 Å². The highest BCUT2D eigenvalue weighted by Gasteiger charge is 2.26. The molecule has 10 heteroatoms. The fourth-order valence-electron chi connectivity index (χ4n) is 2.81. The molecule has 0 aromatic carbocycles. The molecule has 0 bridgehead atoms. The van der Waals surface area contributed by atoms with Crippen molar-refractivity contribution in [1.82, 2.24) is 19.3 Å². The van der Waals surface area contributed by atoms with Crippen molar-refractivity contribution in [3.8, 4) is 0 Å². The largest absolute Gasteiger partial charge is 0.347 e. The zero-order valence-corrected chi connectivity index (χ0v) is 15.5. The summed E-state index contributed by atoms with van der Waals surface area (Å²) in [7, 11) is -3.39. The van der Waals surface area contributed by atoms with Gasteiger partial charge in [-0.05, 0) is 31.2 Å². The van der Waals surface area contributed by atoms with Gasteiger partial charge >= 0.3 is 0 Å². The van der Waals surface area contributed by atoms with E-state index in [1.165, 1.54) is 11.3 Å². The molecule has 1 saturated heterocycles. The van der Waals surface area contributed by atoms with E-state index < -0.39 is 10.0 Å². The first-order chi connectivity index (χ1) is 11.5. The van der Waals surface area contributed by atoms with Crippen molar-refractivity contribution in [2.24, 2.45) is 0 Å². The lowest BCUT2D eigenvalue weighted by atomic mass is 10.1. The number of sulfonamides is 1. The summed E-state index contributed by atoms with van der Waals surface area (Å²) in [5.74, 6) is 0. The van der Waals surface area contributed by atoms with Gasteiger partial charge in [0.05, 0.1) is 11.9 Å². The number of rotatable bonds is 4. The summed E-state index contributed by atoms with van der Waals surface area (Å²) in [5.41, 5.74) is 0.960. The summed E-state index contributed by atoms with van der Waals surface area (Å²) in [5, 5.41) is 7.28. The first kappa shape index (κ1) is 16.0. The summed E-state index contributed by atoms with van der Waals surface area (Å²) in [6, 6.07) is 3.36. The van der Waals surface area contributed by atoms with E-state index >= 15 is 0 Å². The van der Waals surface area contributed by atoms with Gasteiger partial charge in [0.25, 0.3) is 0 Å². The van der Waals surface area contributed by atoms with Crippen LogP contribution in [-0.4, -0.2) is 42.1 Å². The van der Waals surface area contributed by atoms with Gasteiger partial charge < -0.3 is 4.90 Å². The lowest BCUT2D eigenvalue weighted by molar-refractivity contribution is 0.459. The normalized spacial score (nSPS) is 17.0. The number of imidazole rings is 1. The molecule has 0 amide bonds. The average Bonchev–Trinajstić information content (AvgIpc) is 3.23. The Bertz CT molecular complexity index is 905. The third-order valence-corrected chi connectivity index (χ3v) is 7.90. The number of piperidine rings is 1. The molecular weight excluding hydrogens is 366 g/mol. The second kappa shape index (κ2) is 6.10. The van der Waals surface area contributed by atoms with Crippen LogP contribution in [0.3, 0.4) is 0 Å². The first-order valence-corrected chi connectivity index (χ1v) is 10.8. The van der Waals surface area contributed by atoms with Gasteiger partial charge in [0.1, 0.15) is 4.21 Å². The fourth-order valence-corrected chi connectivity index (χ4v) is 6.10. The van der Waals surface area contributed by atoms with Crippen LogP contribution in [0, 0.1) is 6.92 Å². The van der Waals surface area contributed by atoms with Crippen LogP contribution in [0.2, 0.25) is 0 Å². The van der Waals surface area contributed by atoms with Crippen molar-refractivity contribution < 1.29 is 8.42 Å². The van der Waals surface area contributed by atoms with E-state index in [4.69, 9.17) is 0 Å². The van der Waals surface area contributed by atoms with Gasteiger partial charge in [0.2, 0.25) is 20.1 Å². The number of anilines is 1. The Morgan fingerprint density at radius 2 is 2.12 bits per heavy atom. The SMILES string of the molecule is Cc1cn2nc(N3CCC(NS(=O)(=O)c4cccs4)CC3)sc2n1. The lowest BCUT2D eigenvalue weighted by Gasteiger charge is -2.31. The summed E-state index contributed by atoms with van der Waals surface area (Å²) < 4.78 is 29.6. The highest BCUT2D eigenvalue weighted by atomic mass is 32.2. The predicted molar refractivity (Wildman–Crippen MR) is 95.5 cm³/mol. The Balaban J connectivity index is 1.40. The number of aromatic nitrogens is 3. The Morgan fingerprint density at radius 3 is 2.79 bits per heavy atom. The first-order valence-electron chi connectivity index (χ1n) is 7.65. The number of nitrogens with one attached hydrogen (secondary N) is 1. The van der Waals surface area contributed by atoms with E-state index in [0.717, 1.165) is 41.7 Å². The molecule has 4 heterocycles. The van der Waals surface area contributed by atoms with Crippen LogP contribution in [0.1, 0.15) is 18.5 Å². The van der Waals surface area contributed by atoms with Gasteiger partial charge in [0.15, 0.2) is 0 Å². The van der Waals surface area contributed by atoms with Crippen LogP contribution < -0.4 is 9.62 Å². The van der Waals surface area contributed by atoms with E-state index in [-0.39, 0.29) is 6.04 Å². The minimum atomic E-state index is -3.39. The Kier molecular flexibility index (Phi) is 4.07. The molecule has 0 unspecified atom stereocenters. The van der Waals surface area contributed by atoms with Crippen LogP contribution in [0.15, 0.2) is 27.9 Å². The van der Waals surface area contributed by atoms with E-state index in [0.29, 0.717) is 4.21 Å². The number of hydrogen-bond donors (Lipinski definition) is 1. The fraction of sp³-hybridized carbons (Fsp3) is 0.429.